The van der Waals surface area contributed by atoms with Gasteiger partial charge in [0.25, 0.3) is 0 Å². The van der Waals surface area contributed by atoms with Crippen LogP contribution in [0, 0.1) is 0 Å². The first-order chi connectivity index (χ1) is 11.5. The van der Waals surface area contributed by atoms with Gasteiger partial charge in [-0.3, -0.25) is 0 Å². The highest BCUT2D eigenvalue weighted by Crippen LogP contribution is 2.35. The van der Waals surface area contributed by atoms with Crippen molar-refractivity contribution in [3.63, 3.8) is 0 Å². The van der Waals surface area contributed by atoms with E-state index in [0.717, 1.165) is 25.1 Å². The highest BCUT2D eigenvalue weighted by Gasteiger charge is 2.32. The molecule has 3 nitrogen and oxygen atoms in total. The normalized spacial score (nSPS) is 17.9. The Labute approximate surface area is 138 Å². The van der Waals surface area contributed by atoms with Crippen LogP contribution >= 0.6 is 0 Å². The lowest BCUT2D eigenvalue weighted by Gasteiger charge is -2.17. The third kappa shape index (κ3) is 4.27. The van der Waals surface area contributed by atoms with Gasteiger partial charge in [-0.2, -0.15) is 0 Å². The predicted molar refractivity (Wildman–Crippen MR) is 84.6 cm³/mol. The molecule has 1 atom stereocenters. The van der Waals surface area contributed by atoms with E-state index in [0.29, 0.717) is 17.7 Å². The fourth-order valence-corrected chi connectivity index (χ4v) is 2.79. The molecule has 1 aliphatic heterocycles. The molecule has 0 bridgehead atoms. The fourth-order valence-electron chi connectivity index (χ4n) is 2.79. The summed E-state index contributed by atoms with van der Waals surface area (Å²) in [6.07, 6.45) is -3.65. The Kier molecular flexibility index (Phi) is 5.06. The maximum absolute atomic E-state index is 12.6. The third-order valence-electron chi connectivity index (χ3n) is 3.91. The minimum Gasteiger partial charge on any atom is -0.405 e. The van der Waals surface area contributed by atoms with E-state index < -0.39 is 6.36 Å². The van der Waals surface area contributed by atoms with Gasteiger partial charge in [-0.1, -0.05) is 42.5 Å². The number of alkyl halides is 3. The molecule has 2 aromatic carbocycles. The second kappa shape index (κ2) is 7.23. The summed E-state index contributed by atoms with van der Waals surface area (Å²) in [6, 6.07) is 13.4. The zero-order valence-electron chi connectivity index (χ0n) is 13.0. The first kappa shape index (κ1) is 16.8. The van der Waals surface area contributed by atoms with Gasteiger partial charge < -0.3 is 14.8 Å². The molecule has 1 unspecified atom stereocenters. The lowest BCUT2D eigenvalue weighted by Crippen LogP contribution is -2.18. The maximum atomic E-state index is 12.6. The molecule has 1 fully saturated rings. The molecule has 6 heteroatoms. The largest absolute Gasteiger partial charge is 0.573 e. The molecule has 24 heavy (non-hydrogen) atoms. The van der Waals surface area contributed by atoms with Gasteiger partial charge in [0, 0.05) is 12.1 Å². The Morgan fingerprint density at radius 1 is 1.00 bits per heavy atom. The Morgan fingerprint density at radius 3 is 2.42 bits per heavy atom. The fraction of sp³-hybridized carbons (Fsp3) is 0.333. The number of benzene rings is 2. The number of hydrogen-bond acceptors (Lipinski definition) is 3. The zero-order valence-corrected chi connectivity index (χ0v) is 13.0. The SMILES string of the molecule is FC(F)(F)Oc1ccccc1-c1ccccc1COC1CCNC1. The molecule has 0 spiro atoms. The molecule has 0 radical (unpaired) electrons. The molecule has 1 aliphatic rings. The summed E-state index contributed by atoms with van der Waals surface area (Å²) in [5.74, 6) is -0.208. The number of hydrogen-bond donors (Lipinski definition) is 1. The second-order valence-corrected chi connectivity index (χ2v) is 5.63. The molecule has 1 heterocycles. The van der Waals surface area contributed by atoms with Crippen molar-refractivity contribution in [2.45, 2.75) is 25.5 Å². The van der Waals surface area contributed by atoms with Crippen molar-refractivity contribution < 1.29 is 22.6 Å². The van der Waals surface area contributed by atoms with Crippen molar-refractivity contribution in [2.75, 3.05) is 13.1 Å². The minimum atomic E-state index is -4.73. The van der Waals surface area contributed by atoms with Crippen LogP contribution in [0.1, 0.15) is 12.0 Å². The van der Waals surface area contributed by atoms with E-state index in [1.165, 1.54) is 12.1 Å². The van der Waals surface area contributed by atoms with Crippen molar-refractivity contribution in [3.8, 4) is 16.9 Å². The molecule has 0 aromatic heterocycles. The van der Waals surface area contributed by atoms with Crippen LogP contribution < -0.4 is 10.1 Å². The van der Waals surface area contributed by atoms with Crippen LogP contribution in [0.5, 0.6) is 5.75 Å². The number of rotatable bonds is 5. The molecule has 0 amide bonds. The number of ether oxygens (including phenoxy) is 2. The highest BCUT2D eigenvalue weighted by atomic mass is 19.4. The summed E-state index contributed by atoms with van der Waals surface area (Å²) in [4.78, 5) is 0. The summed E-state index contributed by atoms with van der Waals surface area (Å²) < 4.78 is 47.9. The van der Waals surface area contributed by atoms with Crippen LogP contribution in [0.15, 0.2) is 48.5 Å². The number of para-hydroxylation sites is 1. The van der Waals surface area contributed by atoms with Gasteiger partial charge in [0.05, 0.1) is 12.7 Å². The van der Waals surface area contributed by atoms with Gasteiger partial charge in [-0.25, -0.2) is 0 Å². The van der Waals surface area contributed by atoms with Crippen molar-refractivity contribution in [3.05, 3.63) is 54.1 Å². The van der Waals surface area contributed by atoms with Crippen LogP contribution in [0.4, 0.5) is 13.2 Å². The maximum Gasteiger partial charge on any atom is 0.573 e. The van der Waals surface area contributed by atoms with Crippen LogP contribution in [-0.2, 0) is 11.3 Å². The Morgan fingerprint density at radius 2 is 1.71 bits per heavy atom. The van der Waals surface area contributed by atoms with Gasteiger partial charge in [0.2, 0.25) is 0 Å². The van der Waals surface area contributed by atoms with Gasteiger partial charge in [-0.15, -0.1) is 13.2 Å². The topological polar surface area (TPSA) is 30.5 Å². The van der Waals surface area contributed by atoms with E-state index in [4.69, 9.17) is 4.74 Å². The summed E-state index contributed by atoms with van der Waals surface area (Å²) >= 11 is 0. The smallest absolute Gasteiger partial charge is 0.405 e. The first-order valence-corrected chi connectivity index (χ1v) is 7.78. The molecule has 1 saturated heterocycles. The van der Waals surface area contributed by atoms with Crippen molar-refractivity contribution in [1.29, 1.82) is 0 Å². The van der Waals surface area contributed by atoms with E-state index in [-0.39, 0.29) is 11.9 Å². The summed E-state index contributed by atoms with van der Waals surface area (Å²) in [6.45, 7) is 2.08. The Bertz CT molecular complexity index is 682. The monoisotopic (exact) mass is 337 g/mol. The molecular weight excluding hydrogens is 319 g/mol. The predicted octanol–water partition coefficient (Wildman–Crippen LogP) is 4.13. The van der Waals surface area contributed by atoms with E-state index >= 15 is 0 Å². The molecule has 128 valence electrons. The van der Waals surface area contributed by atoms with Crippen molar-refractivity contribution >= 4 is 0 Å². The highest BCUT2D eigenvalue weighted by molar-refractivity contribution is 5.73. The van der Waals surface area contributed by atoms with Crippen molar-refractivity contribution in [1.82, 2.24) is 5.32 Å². The third-order valence-corrected chi connectivity index (χ3v) is 3.91. The van der Waals surface area contributed by atoms with Gasteiger partial charge in [-0.05, 0) is 30.2 Å². The summed E-state index contributed by atoms with van der Waals surface area (Å²) in [5, 5.41) is 3.22. The molecule has 2 aromatic rings. The second-order valence-electron chi connectivity index (χ2n) is 5.63. The molecule has 0 saturated carbocycles. The van der Waals surface area contributed by atoms with E-state index in [1.54, 1.807) is 24.3 Å². The number of nitrogens with one attached hydrogen (secondary N) is 1. The Balaban J connectivity index is 1.86. The van der Waals surface area contributed by atoms with Crippen LogP contribution in [-0.4, -0.2) is 25.6 Å². The average Bonchev–Trinajstić information content (AvgIpc) is 3.06. The van der Waals surface area contributed by atoms with Gasteiger partial charge in [0.15, 0.2) is 0 Å². The van der Waals surface area contributed by atoms with Gasteiger partial charge >= 0.3 is 6.36 Å². The molecule has 3 rings (SSSR count). The van der Waals surface area contributed by atoms with Gasteiger partial charge in [0.1, 0.15) is 5.75 Å². The van der Waals surface area contributed by atoms with Crippen LogP contribution in [0.25, 0.3) is 11.1 Å². The minimum absolute atomic E-state index is 0.139. The molecular formula is C18H18F3NO2. The van der Waals surface area contributed by atoms with E-state index in [9.17, 15) is 13.2 Å². The lowest BCUT2D eigenvalue weighted by atomic mass is 9.99. The molecule has 0 aliphatic carbocycles. The van der Waals surface area contributed by atoms with Crippen LogP contribution in [0.3, 0.4) is 0 Å². The van der Waals surface area contributed by atoms with E-state index in [2.05, 4.69) is 10.1 Å². The summed E-state index contributed by atoms with van der Waals surface area (Å²) in [5.41, 5.74) is 1.92. The first-order valence-electron chi connectivity index (χ1n) is 7.78. The lowest BCUT2D eigenvalue weighted by molar-refractivity contribution is -0.274. The quantitative estimate of drug-likeness (QED) is 0.890. The molecule has 1 N–H and O–H groups in total. The summed E-state index contributed by atoms with van der Waals surface area (Å²) in [7, 11) is 0. The number of halogens is 3. The average molecular weight is 337 g/mol. The zero-order chi connectivity index (χ0) is 17.0. The van der Waals surface area contributed by atoms with Crippen LogP contribution in [0.2, 0.25) is 0 Å². The standard InChI is InChI=1S/C18H18F3NO2/c19-18(20,21)24-17-8-4-3-7-16(17)15-6-2-1-5-13(15)12-23-14-9-10-22-11-14/h1-8,14,22H,9-12H2. The van der Waals surface area contributed by atoms with Crippen molar-refractivity contribution in [2.24, 2.45) is 0 Å². The Hall–Kier alpha value is -2.05. The van der Waals surface area contributed by atoms with E-state index in [1.807, 2.05) is 12.1 Å².